The Morgan fingerprint density at radius 1 is 1.47 bits per heavy atom. The lowest BCUT2D eigenvalue weighted by atomic mass is 9.90. The van der Waals surface area contributed by atoms with Gasteiger partial charge >= 0.3 is 18.0 Å². The van der Waals surface area contributed by atoms with Gasteiger partial charge in [-0.1, -0.05) is 0 Å². The summed E-state index contributed by atoms with van der Waals surface area (Å²) in [6, 6.07) is -0.444. The standard InChI is InChI=1S/C10H16N2O5/c1-10(8(14)15)3-4-12(6-10)9(16)11-5-7(13)17-2/h3-6H2,1-2H3,(H,11,16)(H,14,15). The van der Waals surface area contributed by atoms with Crippen LogP contribution in [0.25, 0.3) is 0 Å². The van der Waals surface area contributed by atoms with Crippen LogP contribution < -0.4 is 5.32 Å². The molecular weight excluding hydrogens is 228 g/mol. The van der Waals surface area contributed by atoms with Crippen LogP contribution in [0.4, 0.5) is 4.79 Å². The fraction of sp³-hybridized carbons (Fsp3) is 0.700. The highest BCUT2D eigenvalue weighted by molar-refractivity contribution is 5.82. The number of ether oxygens (including phenoxy) is 1. The Morgan fingerprint density at radius 2 is 2.12 bits per heavy atom. The average molecular weight is 244 g/mol. The van der Waals surface area contributed by atoms with Gasteiger partial charge < -0.3 is 20.1 Å². The summed E-state index contributed by atoms with van der Waals surface area (Å²) in [5, 5.41) is 11.4. The zero-order valence-electron chi connectivity index (χ0n) is 9.86. The zero-order valence-corrected chi connectivity index (χ0v) is 9.86. The maximum atomic E-state index is 11.6. The van der Waals surface area contributed by atoms with Crippen LogP contribution in [0.3, 0.4) is 0 Å². The van der Waals surface area contributed by atoms with Gasteiger partial charge in [-0.2, -0.15) is 0 Å². The molecule has 1 saturated heterocycles. The van der Waals surface area contributed by atoms with Gasteiger partial charge in [0.15, 0.2) is 0 Å². The lowest BCUT2D eigenvalue weighted by Crippen LogP contribution is -2.42. The summed E-state index contributed by atoms with van der Waals surface area (Å²) in [5.41, 5.74) is -0.900. The third-order valence-electron chi connectivity index (χ3n) is 2.89. The van der Waals surface area contributed by atoms with Crippen molar-refractivity contribution in [1.29, 1.82) is 0 Å². The highest BCUT2D eigenvalue weighted by Gasteiger charge is 2.42. The number of esters is 1. The van der Waals surface area contributed by atoms with Gasteiger partial charge in [0.25, 0.3) is 0 Å². The Balaban J connectivity index is 2.46. The molecule has 2 amide bonds. The number of likely N-dealkylation sites (tertiary alicyclic amines) is 1. The second-order valence-electron chi connectivity index (χ2n) is 4.27. The molecule has 0 spiro atoms. The number of urea groups is 1. The van der Waals surface area contributed by atoms with Crippen LogP contribution in [-0.4, -0.2) is 54.7 Å². The smallest absolute Gasteiger partial charge is 0.325 e. The van der Waals surface area contributed by atoms with Gasteiger partial charge in [0.05, 0.1) is 12.5 Å². The van der Waals surface area contributed by atoms with Gasteiger partial charge in [0, 0.05) is 13.1 Å². The van der Waals surface area contributed by atoms with Crippen molar-refractivity contribution in [3.05, 3.63) is 0 Å². The lowest BCUT2D eigenvalue weighted by molar-refractivity contribution is -0.147. The number of carboxylic acids is 1. The summed E-state index contributed by atoms with van der Waals surface area (Å²) < 4.78 is 4.38. The Morgan fingerprint density at radius 3 is 2.59 bits per heavy atom. The molecule has 17 heavy (non-hydrogen) atoms. The number of amides is 2. The van der Waals surface area contributed by atoms with Gasteiger partial charge in [-0.25, -0.2) is 4.79 Å². The van der Waals surface area contributed by atoms with Gasteiger partial charge in [-0.15, -0.1) is 0 Å². The van der Waals surface area contributed by atoms with Gasteiger partial charge in [-0.05, 0) is 13.3 Å². The molecule has 0 radical (unpaired) electrons. The first-order valence-corrected chi connectivity index (χ1v) is 5.22. The first kappa shape index (κ1) is 13.3. The molecule has 1 aliphatic rings. The summed E-state index contributed by atoms with van der Waals surface area (Å²) in [6.07, 6.45) is 0.411. The summed E-state index contributed by atoms with van der Waals surface area (Å²) in [7, 11) is 1.23. The minimum atomic E-state index is -0.916. The monoisotopic (exact) mass is 244 g/mol. The van der Waals surface area contributed by atoms with Crippen LogP contribution in [0.5, 0.6) is 0 Å². The van der Waals surface area contributed by atoms with E-state index in [0.717, 1.165) is 0 Å². The molecule has 7 heteroatoms. The second-order valence-corrected chi connectivity index (χ2v) is 4.27. The number of rotatable bonds is 3. The Hall–Kier alpha value is -1.79. The molecule has 1 atom stereocenters. The van der Waals surface area contributed by atoms with E-state index in [0.29, 0.717) is 13.0 Å². The van der Waals surface area contributed by atoms with E-state index >= 15 is 0 Å². The van der Waals surface area contributed by atoms with E-state index in [1.54, 1.807) is 6.92 Å². The molecule has 1 aliphatic heterocycles. The van der Waals surface area contributed by atoms with E-state index in [9.17, 15) is 14.4 Å². The molecule has 7 nitrogen and oxygen atoms in total. The van der Waals surface area contributed by atoms with Crippen LogP contribution in [0.2, 0.25) is 0 Å². The predicted octanol–water partition coefficient (Wildman–Crippen LogP) is -0.334. The first-order valence-electron chi connectivity index (χ1n) is 5.22. The molecule has 0 bridgehead atoms. The normalized spacial score (nSPS) is 23.3. The fourth-order valence-corrected chi connectivity index (χ4v) is 1.64. The first-order chi connectivity index (χ1) is 7.89. The zero-order chi connectivity index (χ0) is 13.1. The van der Waals surface area contributed by atoms with Crippen LogP contribution >= 0.6 is 0 Å². The van der Waals surface area contributed by atoms with Crippen LogP contribution in [-0.2, 0) is 14.3 Å². The number of methoxy groups -OCH3 is 1. The highest BCUT2D eigenvalue weighted by atomic mass is 16.5. The van der Waals surface area contributed by atoms with Crippen molar-refractivity contribution in [3.8, 4) is 0 Å². The number of carbonyl (C=O) groups is 3. The fourth-order valence-electron chi connectivity index (χ4n) is 1.64. The van der Waals surface area contributed by atoms with Crippen LogP contribution in [0.15, 0.2) is 0 Å². The lowest BCUT2D eigenvalue weighted by Gasteiger charge is -2.20. The molecule has 2 N–H and O–H groups in total. The average Bonchev–Trinajstić information content (AvgIpc) is 2.69. The van der Waals surface area contributed by atoms with Crippen molar-refractivity contribution in [2.75, 3.05) is 26.7 Å². The summed E-state index contributed by atoms with van der Waals surface area (Å²) >= 11 is 0. The molecule has 0 aromatic heterocycles. The van der Waals surface area contributed by atoms with Gasteiger partial charge in [0.2, 0.25) is 0 Å². The molecule has 0 aromatic carbocycles. The van der Waals surface area contributed by atoms with Crippen molar-refractivity contribution in [2.24, 2.45) is 5.41 Å². The van der Waals surface area contributed by atoms with E-state index in [-0.39, 0.29) is 13.1 Å². The minimum Gasteiger partial charge on any atom is -0.481 e. The molecule has 0 saturated carbocycles. The summed E-state index contributed by atoms with van der Waals surface area (Å²) in [6.45, 7) is 1.91. The van der Waals surface area contributed by atoms with E-state index in [1.165, 1.54) is 12.0 Å². The SMILES string of the molecule is COC(=O)CNC(=O)N1CCC(C)(C(=O)O)C1. The Bertz CT molecular complexity index is 344. The number of hydrogen-bond acceptors (Lipinski definition) is 4. The quantitative estimate of drug-likeness (QED) is 0.662. The van der Waals surface area contributed by atoms with Crippen LogP contribution in [0, 0.1) is 5.41 Å². The number of carboxylic acid groups (broad SMARTS) is 1. The van der Waals surface area contributed by atoms with Crippen LogP contribution in [0.1, 0.15) is 13.3 Å². The third kappa shape index (κ3) is 3.08. The maximum absolute atomic E-state index is 11.6. The van der Waals surface area contributed by atoms with E-state index in [1.807, 2.05) is 0 Å². The summed E-state index contributed by atoms with van der Waals surface area (Å²) in [4.78, 5) is 34.8. The van der Waals surface area contributed by atoms with Crippen molar-refractivity contribution < 1.29 is 24.2 Å². The molecule has 1 rings (SSSR count). The maximum Gasteiger partial charge on any atom is 0.325 e. The second kappa shape index (κ2) is 5.03. The molecule has 1 unspecified atom stereocenters. The molecule has 0 aromatic rings. The van der Waals surface area contributed by atoms with E-state index < -0.39 is 23.4 Å². The number of nitrogens with one attached hydrogen (secondary N) is 1. The molecule has 96 valence electrons. The number of nitrogens with zero attached hydrogens (tertiary/aromatic N) is 1. The van der Waals surface area contributed by atoms with Crippen molar-refractivity contribution in [1.82, 2.24) is 10.2 Å². The Labute approximate surface area is 98.7 Å². The highest BCUT2D eigenvalue weighted by Crippen LogP contribution is 2.29. The van der Waals surface area contributed by atoms with E-state index in [4.69, 9.17) is 5.11 Å². The molecule has 1 heterocycles. The number of hydrogen-bond donors (Lipinski definition) is 2. The van der Waals surface area contributed by atoms with Crippen molar-refractivity contribution in [3.63, 3.8) is 0 Å². The van der Waals surface area contributed by atoms with Crippen molar-refractivity contribution >= 4 is 18.0 Å². The molecule has 1 fully saturated rings. The summed E-state index contributed by atoms with van der Waals surface area (Å²) in [5.74, 6) is -1.46. The number of carbonyl (C=O) groups excluding carboxylic acids is 2. The topological polar surface area (TPSA) is 95.9 Å². The van der Waals surface area contributed by atoms with Crippen molar-refractivity contribution in [2.45, 2.75) is 13.3 Å². The van der Waals surface area contributed by atoms with Gasteiger partial charge in [0.1, 0.15) is 6.54 Å². The molecule has 0 aliphatic carbocycles. The number of aliphatic carboxylic acids is 1. The largest absolute Gasteiger partial charge is 0.481 e. The Kier molecular flexibility index (Phi) is 3.93. The molecular formula is C10H16N2O5. The minimum absolute atomic E-state index is 0.148. The van der Waals surface area contributed by atoms with Gasteiger partial charge in [-0.3, -0.25) is 9.59 Å². The third-order valence-corrected chi connectivity index (χ3v) is 2.89. The predicted molar refractivity (Wildman–Crippen MR) is 57.3 cm³/mol. The van der Waals surface area contributed by atoms with E-state index in [2.05, 4.69) is 10.1 Å².